The third-order valence-corrected chi connectivity index (χ3v) is 0.622. The third kappa shape index (κ3) is 12.4. The van der Waals surface area contributed by atoms with Crippen LogP contribution < -0.4 is 0 Å². The van der Waals surface area contributed by atoms with E-state index in [1.54, 1.807) is 0 Å². The maximum Gasteiger partial charge on any atom is 0 e. The molecule has 0 fully saturated rings. The summed E-state index contributed by atoms with van der Waals surface area (Å²) in [4.78, 5) is 19.1. The molecule has 0 spiro atoms. The second kappa shape index (κ2) is 13.3. The summed E-state index contributed by atoms with van der Waals surface area (Å²) < 4.78 is 3.78. The van der Waals surface area contributed by atoms with E-state index in [-0.39, 0.29) is 63.2 Å². The molecule has 57 valence electrons. The van der Waals surface area contributed by atoms with Crippen molar-refractivity contribution in [2.75, 3.05) is 0 Å². The van der Waals surface area contributed by atoms with Crippen LogP contribution >= 0.6 is 0 Å². The monoisotopic (exact) mass is 653 g/mol. The van der Waals surface area contributed by atoms with Crippen LogP contribution in [0.1, 0.15) is 0 Å². The van der Waals surface area contributed by atoms with Crippen molar-refractivity contribution < 1.29 is 101 Å². The Labute approximate surface area is 112 Å². The van der Waals surface area contributed by atoms with Gasteiger partial charge in [0, 0.05) is 63.2 Å². The maximum absolute atomic E-state index is 9.69. The van der Waals surface area contributed by atoms with Gasteiger partial charge in [0.1, 0.15) is 0 Å². The van der Waals surface area contributed by atoms with Crippen molar-refractivity contribution in [3.8, 4) is 0 Å². The van der Waals surface area contributed by atoms with Crippen LogP contribution in [0, 0.1) is 0 Å². The topological polar surface area (TPSA) is 63.6 Å². The predicted molar refractivity (Wildman–Crippen MR) is 13.7 cm³/mol. The molecule has 0 atom stereocenters. The van der Waals surface area contributed by atoms with Gasteiger partial charge in [-0.1, -0.05) is 0 Å². The Kier molecular flexibility index (Phi) is 30.0. The van der Waals surface area contributed by atoms with E-state index in [1.165, 1.54) is 0 Å². The van der Waals surface area contributed by atoms with Crippen molar-refractivity contribution >= 4 is 11.9 Å². The molecule has 0 amide bonds. The van der Waals surface area contributed by atoms with Gasteiger partial charge in [0.25, 0.3) is 0 Å². The number of hydrogen-bond acceptors (Lipinski definition) is 3. The van der Waals surface area contributed by atoms with Gasteiger partial charge in [0.05, 0.1) is 0 Å². The van der Waals surface area contributed by atoms with E-state index in [4.69, 9.17) is 5.11 Å². The molecule has 0 aliphatic carbocycles. The molecule has 0 saturated carbocycles. The van der Waals surface area contributed by atoms with Crippen LogP contribution in [0.2, 0.25) is 0 Å². The largest absolute Gasteiger partial charge is 0 e. The van der Waals surface area contributed by atoms with Gasteiger partial charge in [-0.05, 0) is 0 Å². The van der Waals surface area contributed by atoms with Crippen LogP contribution in [0.3, 0.4) is 0 Å². The van der Waals surface area contributed by atoms with Crippen LogP contribution in [0.4, 0.5) is 0 Å². The SMILES string of the molecule is O=C(O)C(=O)[O][Mo].[Mo].[W].[W]. The molecule has 0 aromatic rings. The van der Waals surface area contributed by atoms with Crippen LogP contribution in [0.5, 0.6) is 0 Å². The Morgan fingerprint density at radius 1 is 1.30 bits per heavy atom. The quantitative estimate of drug-likeness (QED) is 0.273. The zero-order valence-electron chi connectivity index (χ0n) is 4.30. The molecule has 0 radical (unpaired) electrons. The standard InChI is InChI=1S/C2H2O4.2Mo.2W/c3-1(4)2(5)6;;;;/h(H,3,4)(H,5,6);;;;/q;;+1;;/p-1. The van der Waals surface area contributed by atoms with E-state index in [1.807, 2.05) is 0 Å². The molecule has 8 heteroatoms. The minimum absolute atomic E-state index is 0. The fourth-order valence-corrected chi connectivity index (χ4v) is 0.211. The number of carbonyl (C=O) groups excluding carboxylic acids is 1. The van der Waals surface area contributed by atoms with Gasteiger partial charge in [-0.3, -0.25) is 0 Å². The Bertz CT molecular complexity index is 107. The van der Waals surface area contributed by atoms with Gasteiger partial charge < -0.3 is 0 Å². The average molecular weight is 649 g/mol. The first kappa shape index (κ1) is 22.6. The first-order valence-electron chi connectivity index (χ1n) is 1.25. The van der Waals surface area contributed by atoms with Crippen molar-refractivity contribution in [2.24, 2.45) is 0 Å². The van der Waals surface area contributed by atoms with Crippen molar-refractivity contribution in [1.82, 2.24) is 0 Å². The smallest absolute Gasteiger partial charge is 0 e. The van der Waals surface area contributed by atoms with E-state index in [0.29, 0.717) is 0 Å². The van der Waals surface area contributed by atoms with Crippen molar-refractivity contribution in [2.45, 2.75) is 0 Å². The predicted octanol–water partition coefficient (Wildman–Crippen LogP) is -0.931. The molecular formula is C2HMo2O4W2. The fraction of sp³-hybridized carbons (Fsp3) is 0. The molecule has 0 aliphatic rings. The van der Waals surface area contributed by atoms with Gasteiger partial charge in [-0.2, -0.15) is 0 Å². The summed E-state index contributed by atoms with van der Waals surface area (Å²) in [6.07, 6.45) is 0. The maximum atomic E-state index is 9.69. The summed E-state index contributed by atoms with van der Waals surface area (Å²) in [6.45, 7) is 0. The molecule has 0 saturated heterocycles. The van der Waals surface area contributed by atoms with Gasteiger partial charge in [-0.25, -0.2) is 0 Å². The van der Waals surface area contributed by atoms with Crippen LogP contribution in [0.15, 0.2) is 0 Å². The molecule has 0 unspecified atom stereocenters. The Balaban J connectivity index is -0.0000000600. The van der Waals surface area contributed by atoms with Crippen molar-refractivity contribution in [1.29, 1.82) is 0 Å². The van der Waals surface area contributed by atoms with Crippen molar-refractivity contribution in [3.63, 3.8) is 0 Å². The molecule has 10 heavy (non-hydrogen) atoms. The van der Waals surface area contributed by atoms with Crippen LogP contribution in [-0.4, -0.2) is 17.0 Å². The average Bonchev–Trinajstić information content (AvgIpc) is 1.65. The normalized spacial score (nSPS) is 5.20. The number of rotatable bonds is 0. The number of carboxylic acid groups (broad SMARTS) is 1. The molecule has 0 aromatic carbocycles. The van der Waals surface area contributed by atoms with Gasteiger partial charge >= 0.3 is 50.2 Å². The summed E-state index contributed by atoms with van der Waals surface area (Å²) >= 11 is 0.948. The number of carboxylic acids is 1. The fourth-order valence-electron chi connectivity index (χ4n) is 0.0356. The first-order valence-corrected chi connectivity index (χ1v) is 2.07. The molecule has 0 bridgehead atoms. The summed E-state index contributed by atoms with van der Waals surface area (Å²) in [7, 11) is 0. The zero-order chi connectivity index (χ0) is 5.86. The molecule has 0 heterocycles. The van der Waals surface area contributed by atoms with Gasteiger partial charge in [-0.15, -0.1) is 0 Å². The van der Waals surface area contributed by atoms with Crippen molar-refractivity contribution in [3.05, 3.63) is 0 Å². The Morgan fingerprint density at radius 3 is 1.60 bits per heavy atom. The second-order valence-electron chi connectivity index (χ2n) is 0.676. The van der Waals surface area contributed by atoms with E-state index in [0.717, 1.165) is 20.2 Å². The third-order valence-electron chi connectivity index (χ3n) is 0.250. The van der Waals surface area contributed by atoms with Crippen LogP contribution in [-0.2, 0) is 96.4 Å². The minimum atomic E-state index is -1.56. The molecule has 0 rings (SSSR count). The molecular weight excluding hydrogens is 648 g/mol. The van der Waals surface area contributed by atoms with Gasteiger partial charge in [0.15, 0.2) is 0 Å². The van der Waals surface area contributed by atoms with E-state index >= 15 is 0 Å². The molecule has 1 N–H and O–H groups in total. The van der Waals surface area contributed by atoms with E-state index in [9.17, 15) is 9.59 Å². The second-order valence-corrected chi connectivity index (χ2v) is 1.09. The summed E-state index contributed by atoms with van der Waals surface area (Å²) in [5.74, 6) is -2.80. The summed E-state index contributed by atoms with van der Waals surface area (Å²) in [5, 5.41) is 7.71. The van der Waals surface area contributed by atoms with E-state index in [2.05, 4.69) is 3.39 Å². The zero-order valence-corrected chi connectivity index (χ0v) is 14.2. The number of aliphatic carboxylic acids is 1. The first-order chi connectivity index (χ1) is 3.18. The number of carbonyl (C=O) groups is 2. The van der Waals surface area contributed by atoms with Crippen LogP contribution in [0.25, 0.3) is 0 Å². The number of hydrogen-bond donors (Lipinski definition) is 1. The Morgan fingerprint density at radius 2 is 1.60 bits per heavy atom. The molecule has 0 aliphatic heterocycles. The van der Waals surface area contributed by atoms with Gasteiger partial charge in [0.2, 0.25) is 0 Å². The van der Waals surface area contributed by atoms with E-state index < -0.39 is 11.9 Å². The minimum Gasteiger partial charge on any atom is 0 e. The molecule has 4 nitrogen and oxygen atoms in total. The molecule has 0 aromatic heterocycles. The Hall–Kier alpha value is 1.69. The summed E-state index contributed by atoms with van der Waals surface area (Å²) in [5.41, 5.74) is 0. The summed E-state index contributed by atoms with van der Waals surface area (Å²) in [6, 6.07) is 0.